The van der Waals surface area contributed by atoms with Crippen LogP contribution in [0.1, 0.15) is 5.56 Å². The molecule has 0 saturated carbocycles. The van der Waals surface area contributed by atoms with Crippen molar-refractivity contribution in [1.29, 1.82) is 0 Å². The van der Waals surface area contributed by atoms with Crippen molar-refractivity contribution in [3.63, 3.8) is 0 Å². The third kappa shape index (κ3) is 3.22. The van der Waals surface area contributed by atoms with Crippen LogP contribution in [-0.2, 0) is 15.8 Å². The lowest BCUT2D eigenvalue weighted by Gasteiger charge is -2.06. The van der Waals surface area contributed by atoms with Crippen LogP contribution in [0.15, 0.2) is 36.7 Å². The van der Waals surface area contributed by atoms with Gasteiger partial charge in [-0.2, -0.15) is 5.10 Å². The largest absolute Gasteiger partial charge is 0.399 e. The number of nitrogens with two attached hydrogens (primary N) is 1. The first-order valence-electron chi connectivity index (χ1n) is 4.89. The third-order valence-corrected chi connectivity index (χ3v) is 3.34. The Morgan fingerprint density at radius 3 is 2.88 bits per heavy atom. The molecule has 0 fully saturated rings. The van der Waals surface area contributed by atoms with E-state index in [-0.39, 0.29) is 5.75 Å². The zero-order valence-corrected chi connectivity index (χ0v) is 9.74. The Balaban J connectivity index is 2.12. The first kappa shape index (κ1) is 11.5. The number of benzene rings is 1. The van der Waals surface area contributed by atoms with Gasteiger partial charge in [0.2, 0.25) is 10.0 Å². The predicted molar refractivity (Wildman–Crippen MR) is 65.7 cm³/mol. The molecule has 0 bridgehead atoms. The molecule has 1 aromatic heterocycles. The van der Waals surface area contributed by atoms with Gasteiger partial charge in [0.15, 0.2) is 0 Å². The van der Waals surface area contributed by atoms with Gasteiger partial charge in [-0.3, -0.25) is 9.82 Å². The molecule has 6 nitrogen and oxygen atoms in total. The number of aromatic amines is 1. The van der Waals surface area contributed by atoms with Crippen molar-refractivity contribution >= 4 is 21.4 Å². The fourth-order valence-corrected chi connectivity index (χ4v) is 2.59. The number of nitrogens with one attached hydrogen (secondary N) is 2. The van der Waals surface area contributed by atoms with Crippen molar-refractivity contribution in [2.75, 3.05) is 10.5 Å². The van der Waals surface area contributed by atoms with Crippen molar-refractivity contribution in [2.24, 2.45) is 0 Å². The molecular formula is C10H12N4O2S. The van der Waals surface area contributed by atoms with Gasteiger partial charge in [-0.25, -0.2) is 8.42 Å². The quantitative estimate of drug-likeness (QED) is 0.705. The molecule has 1 heterocycles. The van der Waals surface area contributed by atoms with Gasteiger partial charge in [-0.1, -0.05) is 12.1 Å². The van der Waals surface area contributed by atoms with Gasteiger partial charge in [0.05, 0.1) is 17.6 Å². The fourth-order valence-electron chi connectivity index (χ4n) is 1.42. The number of hydrogen-bond acceptors (Lipinski definition) is 4. The van der Waals surface area contributed by atoms with Crippen molar-refractivity contribution in [2.45, 2.75) is 5.75 Å². The van der Waals surface area contributed by atoms with E-state index in [0.29, 0.717) is 16.9 Å². The molecule has 0 aliphatic heterocycles. The number of H-pyrrole nitrogens is 1. The van der Waals surface area contributed by atoms with Crippen LogP contribution in [0, 0.1) is 0 Å². The maximum absolute atomic E-state index is 11.8. The summed E-state index contributed by atoms with van der Waals surface area (Å²) in [5.74, 6) is -0.122. The molecule has 0 radical (unpaired) electrons. The molecule has 2 aromatic rings. The number of sulfonamides is 1. The van der Waals surface area contributed by atoms with Crippen molar-refractivity contribution in [3.05, 3.63) is 42.2 Å². The Morgan fingerprint density at radius 2 is 2.24 bits per heavy atom. The highest BCUT2D eigenvalue weighted by molar-refractivity contribution is 7.91. The molecule has 0 atom stereocenters. The van der Waals surface area contributed by atoms with E-state index in [0.717, 1.165) is 0 Å². The molecule has 2 rings (SSSR count). The lowest BCUT2D eigenvalue weighted by molar-refractivity contribution is 0.600. The summed E-state index contributed by atoms with van der Waals surface area (Å²) in [6.45, 7) is 0. The van der Waals surface area contributed by atoms with Crippen LogP contribution >= 0.6 is 0 Å². The second kappa shape index (κ2) is 4.46. The molecular weight excluding hydrogens is 240 g/mol. The third-order valence-electron chi connectivity index (χ3n) is 2.08. The van der Waals surface area contributed by atoms with Gasteiger partial charge >= 0.3 is 0 Å². The summed E-state index contributed by atoms with van der Waals surface area (Å²) in [7, 11) is -3.44. The number of anilines is 2. The summed E-state index contributed by atoms with van der Waals surface area (Å²) in [6, 6.07) is 6.78. The molecule has 7 heteroatoms. The maximum atomic E-state index is 11.8. The highest BCUT2D eigenvalue weighted by atomic mass is 32.2. The molecule has 17 heavy (non-hydrogen) atoms. The Labute approximate surface area is 98.9 Å². The fraction of sp³-hybridized carbons (Fsp3) is 0.100. The minimum atomic E-state index is -3.44. The second-order valence-electron chi connectivity index (χ2n) is 3.59. The highest BCUT2D eigenvalue weighted by Gasteiger charge is 2.12. The molecule has 0 amide bonds. The normalized spacial score (nSPS) is 11.3. The lowest BCUT2D eigenvalue weighted by atomic mass is 10.2. The van der Waals surface area contributed by atoms with Crippen LogP contribution < -0.4 is 10.5 Å². The monoisotopic (exact) mass is 252 g/mol. The van der Waals surface area contributed by atoms with Crippen LogP contribution in [0.5, 0.6) is 0 Å². The molecule has 4 N–H and O–H groups in total. The number of aromatic nitrogens is 2. The first-order valence-corrected chi connectivity index (χ1v) is 6.54. The van der Waals surface area contributed by atoms with Gasteiger partial charge in [-0.05, 0) is 17.7 Å². The summed E-state index contributed by atoms with van der Waals surface area (Å²) in [4.78, 5) is 0. The minimum absolute atomic E-state index is 0.122. The van der Waals surface area contributed by atoms with Gasteiger partial charge in [-0.15, -0.1) is 0 Å². The minimum Gasteiger partial charge on any atom is -0.399 e. The van der Waals surface area contributed by atoms with E-state index >= 15 is 0 Å². The van der Waals surface area contributed by atoms with Crippen molar-refractivity contribution in [1.82, 2.24) is 10.2 Å². The van der Waals surface area contributed by atoms with E-state index in [4.69, 9.17) is 5.73 Å². The SMILES string of the molecule is Nc1cccc(CS(=O)(=O)Nc2cn[nH]c2)c1. The number of rotatable bonds is 4. The van der Waals surface area contributed by atoms with E-state index in [1.165, 1.54) is 12.4 Å². The molecule has 1 aromatic carbocycles. The number of hydrogen-bond donors (Lipinski definition) is 3. The van der Waals surface area contributed by atoms with Gasteiger partial charge in [0.1, 0.15) is 0 Å². The average Bonchev–Trinajstić information content (AvgIpc) is 2.68. The topological polar surface area (TPSA) is 101 Å². The van der Waals surface area contributed by atoms with E-state index in [1.807, 2.05) is 0 Å². The summed E-state index contributed by atoms with van der Waals surface area (Å²) in [5.41, 5.74) is 7.18. The van der Waals surface area contributed by atoms with Crippen molar-refractivity contribution < 1.29 is 8.42 Å². The number of nitrogens with zero attached hydrogens (tertiary/aromatic N) is 1. The second-order valence-corrected chi connectivity index (χ2v) is 5.32. The molecule has 0 saturated heterocycles. The van der Waals surface area contributed by atoms with Crippen LogP contribution in [0.25, 0.3) is 0 Å². The van der Waals surface area contributed by atoms with Crippen LogP contribution in [-0.4, -0.2) is 18.6 Å². The Morgan fingerprint density at radius 1 is 1.41 bits per heavy atom. The first-order chi connectivity index (χ1) is 8.05. The smallest absolute Gasteiger partial charge is 0.237 e. The van der Waals surface area contributed by atoms with Gasteiger partial charge < -0.3 is 5.73 Å². The standard InChI is InChI=1S/C10H12N4O2S/c11-9-3-1-2-8(4-9)7-17(15,16)14-10-5-12-13-6-10/h1-6,14H,7,11H2,(H,12,13). The van der Waals surface area contributed by atoms with Crippen LogP contribution in [0.3, 0.4) is 0 Å². The summed E-state index contributed by atoms with van der Waals surface area (Å²) < 4.78 is 26.0. The molecule has 0 spiro atoms. The molecule has 0 aliphatic rings. The predicted octanol–water partition coefficient (Wildman–Crippen LogP) is 0.934. The molecule has 0 aliphatic carbocycles. The number of nitrogen functional groups attached to an aromatic ring is 1. The maximum Gasteiger partial charge on any atom is 0.237 e. The summed E-state index contributed by atoms with van der Waals surface area (Å²) in [6.07, 6.45) is 2.87. The Bertz CT molecular complexity index is 593. The highest BCUT2D eigenvalue weighted by Crippen LogP contribution is 2.13. The summed E-state index contributed by atoms with van der Waals surface area (Å²) >= 11 is 0. The van der Waals surface area contributed by atoms with Gasteiger partial charge in [0.25, 0.3) is 0 Å². The average molecular weight is 252 g/mol. The molecule has 0 unspecified atom stereocenters. The Kier molecular flexibility index (Phi) is 3.01. The zero-order chi connectivity index (χ0) is 12.3. The lowest BCUT2D eigenvalue weighted by Crippen LogP contribution is -2.14. The van der Waals surface area contributed by atoms with Crippen LogP contribution in [0.2, 0.25) is 0 Å². The van der Waals surface area contributed by atoms with Crippen molar-refractivity contribution in [3.8, 4) is 0 Å². The van der Waals surface area contributed by atoms with E-state index in [2.05, 4.69) is 14.9 Å². The molecule has 90 valence electrons. The van der Waals surface area contributed by atoms with E-state index in [9.17, 15) is 8.42 Å². The van der Waals surface area contributed by atoms with Crippen LogP contribution in [0.4, 0.5) is 11.4 Å². The Hall–Kier alpha value is -2.02. The summed E-state index contributed by atoms with van der Waals surface area (Å²) in [5, 5.41) is 6.18. The van der Waals surface area contributed by atoms with Gasteiger partial charge in [0, 0.05) is 11.9 Å². The zero-order valence-electron chi connectivity index (χ0n) is 8.92. The van der Waals surface area contributed by atoms with E-state index < -0.39 is 10.0 Å². The van der Waals surface area contributed by atoms with E-state index in [1.54, 1.807) is 24.3 Å².